The lowest BCUT2D eigenvalue weighted by Gasteiger charge is -2.08. The molecule has 0 unspecified atom stereocenters. The topological polar surface area (TPSA) is 26.3 Å². The highest BCUT2D eigenvalue weighted by Gasteiger charge is 2.08. The lowest BCUT2D eigenvalue weighted by atomic mass is 10.1. The molecule has 4 heteroatoms. The smallest absolute Gasteiger partial charge is 0.200 e. The molecule has 2 aromatic rings. The van der Waals surface area contributed by atoms with Crippen LogP contribution in [0.5, 0.6) is 5.75 Å². The Kier molecular flexibility index (Phi) is 5.21. The van der Waals surface area contributed by atoms with Gasteiger partial charge in [-0.2, -0.15) is 0 Å². The number of carbonyl (C=O) groups excluding carboxylic acids is 1. The molecule has 0 aliphatic heterocycles. The summed E-state index contributed by atoms with van der Waals surface area (Å²) in [5.41, 5.74) is 1.87. The molecule has 0 aliphatic rings. The van der Waals surface area contributed by atoms with Crippen molar-refractivity contribution in [3.8, 4) is 5.75 Å². The molecule has 2 nitrogen and oxygen atoms in total. The van der Waals surface area contributed by atoms with Crippen LogP contribution in [0, 0.1) is 0 Å². The quantitative estimate of drug-likeness (QED) is 0.713. The van der Waals surface area contributed by atoms with Crippen molar-refractivity contribution in [2.75, 3.05) is 6.61 Å². The van der Waals surface area contributed by atoms with E-state index in [1.54, 1.807) is 18.2 Å². The molecule has 0 fully saturated rings. The number of carbonyl (C=O) groups is 1. The summed E-state index contributed by atoms with van der Waals surface area (Å²) in [5, 5.41) is 0.616. The number of Topliss-reactive ketones (excluding diaryl/α,β-unsaturated/α-hetero) is 1. The fourth-order valence-electron chi connectivity index (χ4n) is 1.75. The SMILES string of the molecule is CCc1ccc(C(=O)COc2ccc(Cl)cc2Br)cc1. The van der Waals surface area contributed by atoms with E-state index in [1.807, 2.05) is 24.3 Å². The number of rotatable bonds is 5. The number of hydrogen-bond acceptors (Lipinski definition) is 2. The molecule has 0 saturated heterocycles. The summed E-state index contributed by atoms with van der Waals surface area (Å²) in [6, 6.07) is 12.8. The third-order valence-electron chi connectivity index (χ3n) is 2.94. The van der Waals surface area contributed by atoms with E-state index in [9.17, 15) is 4.79 Å². The maximum atomic E-state index is 12.0. The van der Waals surface area contributed by atoms with E-state index in [4.69, 9.17) is 16.3 Å². The standard InChI is InChI=1S/C16H14BrClO2/c1-2-11-3-5-12(6-4-11)15(19)10-20-16-8-7-13(18)9-14(16)17/h3-9H,2,10H2,1H3. The molecule has 2 aromatic carbocycles. The highest BCUT2D eigenvalue weighted by Crippen LogP contribution is 2.28. The predicted molar refractivity (Wildman–Crippen MR) is 84.8 cm³/mol. The van der Waals surface area contributed by atoms with Crippen molar-refractivity contribution in [2.45, 2.75) is 13.3 Å². The molecule has 0 atom stereocenters. The van der Waals surface area contributed by atoms with E-state index < -0.39 is 0 Å². The molecule has 0 heterocycles. The second kappa shape index (κ2) is 6.91. The van der Waals surface area contributed by atoms with Gasteiger partial charge in [-0.15, -0.1) is 0 Å². The third kappa shape index (κ3) is 3.84. The van der Waals surface area contributed by atoms with Gasteiger partial charge in [-0.3, -0.25) is 4.79 Å². The minimum Gasteiger partial charge on any atom is -0.484 e. The van der Waals surface area contributed by atoms with Crippen LogP contribution in [0.25, 0.3) is 0 Å². The largest absolute Gasteiger partial charge is 0.484 e. The van der Waals surface area contributed by atoms with Crippen molar-refractivity contribution in [1.82, 2.24) is 0 Å². The van der Waals surface area contributed by atoms with Crippen LogP contribution in [-0.4, -0.2) is 12.4 Å². The van der Waals surface area contributed by atoms with Gasteiger partial charge in [-0.25, -0.2) is 0 Å². The normalized spacial score (nSPS) is 10.3. The predicted octanol–water partition coefficient (Wildman–Crippen LogP) is 4.93. The average Bonchev–Trinajstić information content (AvgIpc) is 2.46. The van der Waals surface area contributed by atoms with E-state index >= 15 is 0 Å². The monoisotopic (exact) mass is 352 g/mol. The van der Waals surface area contributed by atoms with Crippen LogP contribution < -0.4 is 4.74 Å². The van der Waals surface area contributed by atoms with Crippen molar-refractivity contribution >= 4 is 33.3 Å². The second-order valence-corrected chi connectivity index (χ2v) is 5.63. The summed E-state index contributed by atoms with van der Waals surface area (Å²) in [4.78, 5) is 12.0. The van der Waals surface area contributed by atoms with Gasteiger partial charge in [0.25, 0.3) is 0 Å². The highest BCUT2D eigenvalue weighted by molar-refractivity contribution is 9.10. The number of ketones is 1. The van der Waals surface area contributed by atoms with Gasteiger partial charge in [0.15, 0.2) is 12.4 Å². The molecule has 0 amide bonds. The molecule has 20 heavy (non-hydrogen) atoms. The molecule has 0 radical (unpaired) electrons. The summed E-state index contributed by atoms with van der Waals surface area (Å²) in [7, 11) is 0. The van der Waals surface area contributed by atoms with Crippen LogP contribution in [-0.2, 0) is 6.42 Å². The molecule has 0 N–H and O–H groups in total. The van der Waals surface area contributed by atoms with Crippen molar-refractivity contribution in [3.63, 3.8) is 0 Å². The molecule has 0 bridgehead atoms. The Morgan fingerprint density at radius 2 is 1.90 bits per heavy atom. The van der Waals surface area contributed by atoms with Gasteiger partial charge >= 0.3 is 0 Å². The maximum absolute atomic E-state index is 12.0. The van der Waals surface area contributed by atoms with Crippen molar-refractivity contribution in [3.05, 3.63) is 63.1 Å². The Hall–Kier alpha value is -1.32. The summed E-state index contributed by atoms with van der Waals surface area (Å²) in [5.74, 6) is 0.558. The minimum atomic E-state index is -0.0468. The zero-order chi connectivity index (χ0) is 14.5. The van der Waals surface area contributed by atoms with Gasteiger partial charge in [-0.1, -0.05) is 42.8 Å². The van der Waals surface area contributed by atoms with Crippen LogP contribution in [0.15, 0.2) is 46.9 Å². The summed E-state index contributed by atoms with van der Waals surface area (Å²) < 4.78 is 6.24. The van der Waals surface area contributed by atoms with Gasteiger partial charge < -0.3 is 4.74 Å². The molecule has 2 rings (SSSR count). The summed E-state index contributed by atoms with van der Waals surface area (Å²) in [6.07, 6.45) is 0.961. The zero-order valence-corrected chi connectivity index (χ0v) is 13.4. The highest BCUT2D eigenvalue weighted by atomic mass is 79.9. The zero-order valence-electron chi connectivity index (χ0n) is 11.0. The first-order valence-corrected chi connectivity index (χ1v) is 7.47. The van der Waals surface area contributed by atoms with Crippen LogP contribution in [0.1, 0.15) is 22.8 Å². The number of hydrogen-bond donors (Lipinski definition) is 0. The maximum Gasteiger partial charge on any atom is 0.200 e. The van der Waals surface area contributed by atoms with Crippen molar-refractivity contribution in [1.29, 1.82) is 0 Å². The fraction of sp³-hybridized carbons (Fsp3) is 0.188. The Bertz CT molecular complexity index is 608. The molecule has 104 valence electrons. The van der Waals surface area contributed by atoms with Crippen LogP contribution >= 0.6 is 27.5 Å². The van der Waals surface area contributed by atoms with Gasteiger partial charge in [0.1, 0.15) is 5.75 Å². The average molecular weight is 354 g/mol. The van der Waals surface area contributed by atoms with Crippen molar-refractivity contribution in [2.24, 2.45) is 0 Å². The van der Waals surface area contributed by atoms with E-state index in [0.29, 0.717) is 16.3 Å². The lowest BCUT2D eigenvalue weighted by Crippen LogP contribution is -2.11. The first kappa shape index (κ1) is 15.1. The van der Waals surface area contributed by atoms with E-state index in [1.165, 1.54) is 5.56 Å². The second-order valence-electron chi connectivity index (χ2n) is 4.34. The Morgan fingerprint density at radius 1 is 1.20 bits per heavy atom. The number of halogens is 2. The van der Waals surface area contributed by atoms with Gasteiger partial charge in [0.2, 0.25) is 0 Å². The van der Waals surface area contributed by atoms with Gasteiger partial charge in [-0.05, 0) is 46.1 Å². The Balaban J connectivity index is 2.00. The van der Waals surface area contributed by atoms with Gasteiger partial charge in [0, 0.05) is 10.6 Å². The van der Waals surface area contributed by atoms with E-state index in [0.717, 1.165) is 10.9 Å². The van der Waals surface area contributed by atoms with Gasteiger partial charge in [0.05, 0.1) is 4.47 Å². The van der Waals surface area contributed by atoms with E-state index in [-0.39, 0.29) is 12.4 Å². The summed E-state index contributed by atoms with van der Waals surface area (Å²) in [6.45, 7) is 2.09. The van der Waals surface area contributed by atoms with Crippen LogP contribution in [0.3, 0.4) is 0 Å². The first-order chi connectivity index (χ1) is 9.60. The fourth-order valence-corrected chi connectivity index (χ4v) is 2.54. The molecular weight excluding hydrogens is 340 g/mol. The molecule has 0 spiro atoms. The minimum absolute atomic E-state index is 0.00566. The summed E-state index contributed by atoms with van der Waals surface area (Å²) >= 11 is 9.20. The van der Waals surface area contributed by atoms with Crippen molar-refractivity contribution < 1.29 is 9.53 Å². The lowest BCUT2D eigenvalue weighted by molar-refractivity contribution is 0.0921. The molecule has 0 aliphatic carbocycles. The number of benzene rings is 2. The molecule has 0 saturated carbocycles. The van der Waals surface area contributed by atoms with E-state index in [2.05, 4.69) is 22.9 Å². The Labute approximate surface area is 131 Å². The molecular formula is C16H14BrClO2. The Morgan fingerprint density at radius 3 is 2.50 bits per heavy atom. The number of ether oxygens (including phenoxy) is 1. The third-order valence-corrected chi connectivity index (χ3v) is 3.79. The van der Waals surface area contributed by atoms with Crippen LogP contribution in [0.4, 0.5) is 0 Å². The first-order valence-electron chi connectivity index (χ1n) is 6.30. The number of aryl methyl sites for hydroxylation is 1. The van der Waals surface area contributed by atoms with Crippen LogP contribution in [0.2, 0.25) is 5.02 Å². The molecule has 0 aromatic heterocycles.